The summed E-state index contributed by atoms with van der Waals surface area (Å²) in [5.41, 5.74) is 2.79. The first-order valence-electron chi connectivity index (χ1n) is 10.7. The van der Waals surface area contributed by atoms with Crippen LogP contribution in [0.4, 0.5) is 4.39 Å². The van der Waals surface area contributed by atoms with E-state index in [1.54, 1.807) is 47.4 Å². The van der Waals surface area contributed by atoms with Crippen LogP contribution < -0.4 is 10.1 Å². The van der Waals surface area contributed by atoms with Gasteiger partial charge in [0, 0.05) is 11.8 Å². The lowest BCUT2D eigenvalue weighted by molar-refractivity contribution is 0.579. The zero-order chi connectivity index (χ0) is 23.8. The second-order valence-electron chi connectivity index (χ2n) is 7.66. The molecule has 0 aliphatic heterocycles. The summed E-state index contributed by atoms with van der Waals surface area (Å²) in [6, 6.07) is 19.4. The Kier molecular flexibility index (Phi) is 5.16. The molecule has 35 heavy (non-hydrogen) atoms. The molecule has 0 fully saturated rings. The minimum Gasteiger partial charge on any atom is -0.463 e. The van der Waals surface area contributed by atoms with Gasteiger partial charge in [-0.05, 0) is 54.1 Å². The van der Waals surface area contributed by atoms with Gasteiger partial charge in [-0.1, -0.05) is 47.7 Å². The van der Waals surface area contributed by atoms with Gasteiger partial charge < -0.3 is 4.42 Å². The van der Waals surface area contributed by atoms with E-state index in [0.717, 1.165) is 16.8 Å². The van der Waals surface area contributed by atoms with E-state index >= 15 is 0 Å². The monoisotopic (exact) mass is 481 g/mol. The van der Waals surface area contributed by atoms with Crippen molar-refractivity contribution in [3.63, 3.8) is 0 Å². The standard InChI is InChI=1S/C26H16FN5O2S/c27-19-11-8-17(9-12-19)10-13-23-28-26-32(29-23)25(33)22(35-26)15-18-16-31(20-5-2-1-3-6-20)30-24(18)21-7-4-14-34-21/h1-16H/b13-10+,22-15-. The molecule has 0 unspecified atom stereocenters. The molecule has 6 rings (SSSR count). The molecule has 2 aromatic carbocycles. The molecule has 4 aromatic heterocycles. The molecule has 0 radical (unpaired) electrons. The van der Waals surface area contributed by atoms with E-state index in [4.69, 9.17) is 4.42 Å². The Morgan fingerprint density at radius 1 is 0.943 bits per heavy atom. The molecule has 0 aliphatic rings. The number of thiazole rings is 1. The van der Waals surface area contributed by atoms with Crippen LogP contribution in [-0.4, -0.2) is 24.4 Å². The van der Waals surface area contributed by atoms with E-state index in [0.29, 0.717) is 26.8 Å². The predicted octanol–water partition coefficient (Wildman–Crippen LogP) is 4.45. The van der Waals surface area contributed by atoms with Crippen molar-refractivity contribution in [3.05, 3.63) is 117 Å². The Morgan fingerprint density at radius 3 is 2.51 bits per heavy atom. The number of furan rings is 1. The summed E-state index contributed by atoms with van der Waals surface area (Å²) in [7, 11) is 0. The maximum Gasteiger partial charge on any atom is 0.291 e. The van der Waals surface area contributed by atoms with Crippen LogP contribution in [0.25, 0.3) is 40.3 Å². The summed E-state index contributed by atoms with van der Waals surface area (Å²) in [5.74, 6) is 0.704. The molecule has 0 spiro atoms. The van der Waals surface area contributed by atoms with Gasteiger partial charge in [-0.3, -0.25) is 4.79 Å². The lowest BCUT2D eigenvalue weighted by atomic mass is 10.2. The van der Waals surface area contributed by atoms with Gasteiger partial charge in [0.25, 0.3) is 5.56 Å². The van der Waals surface area contributed by atoms with Crippen LogP contribution >= 0.6 is 11.3 Å². The Hall–Kier alpha value is -4.63. The third-order valence-corrected chi connectivity index (χ3v) is 6.26. The summed E-state index contributed by atoms with van der Waals surface area (Å²) in [4.78, 5) is 18.0. The summed E-state index contributed by atoms with van der Waals surface area (Å²) in [6.45, 7) is 0. The number of fused-ring (bicyclic) bond motifs is 1. The number of benzene rings is 2. The molecule has 170 valence electrons. The average Bonchev–Trinajstić information content (AvgIpc) is 3.66. The smallest absolute Gasteiger partial charge is 0.291 e. The molecule has 0 atom stereocenters. The van der Waals surface area contributed by atoms with Crippen LogP contribution in [0.3, 0.4) is 0 Å². The fourth-order valence-corrected chi connectivity index (χ4v) is 4.52. The topological polar surface area (TPSA) is 78.2 Å². The van der Waals surface area contributed by atoms with Crippen LogP contribution in [0, 0.1) is 5.82 Å². The van der Waals surface area contributed by atoms with E-state index in [1.807, 2.05) is 42.6 Å². The number of para-hydroxylation sites is 1. The summed E-state index contributed by atoms with van der Waals surface area (Å²) >= 11 is 1.24. The summed E-state index contributed by atoms with van der Waals surface area (Å²) in [5, 5.41) is 9.00. The molecular weight excluding hydrogens is 465 g/mol. The Labute approximate surface area is 201 Å². The highest BCUT2D eigenvalue weighted by atomic mass is 32.1. The summed E-state index contributed by atoms with van der Waals surface area (Å²) in [6.07, 6.45) is 8.68. The van der Waals surface area contributed by atoms with Gasteiger partial charge in [0.1, 0.15) is 11.5 Å². The lowest BCUT2D eigenvalue weighted by Crippen LogP contribution is -2.23. The number of rotatable bonds is 5. The van der Waals surface area contributed by atoms with Crippen molar-refractivity contribution in [3.8, 4) is 17.1 Å². The fourth-order valence-electron chi connectivity index (χ4n) is 3.62. The molecular formula is C26H16FN5O2S. The van der Waals surface area contributed by atoms with E-state index in [1.165, 1.54) is 28.0 Å². The largest absolute Gasteiger partial charge is 0.463 e. The molecule has 0 bridgehead atoms. The van der Waals surface area contributed by atoms with Gasteiger partial charge in [-0.25, -0.2) is 9.07 Å². The first-order valence-corrected chi connectivity index (χ1v) is 11.5. The quantitative estimate of drug-likeness (QED) is 0.364. The van der Waals surface area contributed by atoms with Crippen LogP contribution in [-0.2, 0) is 0 Å². The molecule has 6 aromatic rings. The highest BCUT2D eigenvalue weighted by Gasteiger charge is 2.15. The SMILES string of the molecule is O=c1/c(=C/c2cn(-c3ccccc3)nc2-c2ccco2)sc2nc(/C=C/c3ccc(F)cc3)nn12. The van der Waals surface area contributed by atoms with Crippen LogP contribution in [0.15, 0.2) is 88.4 Å². The van der Waals surface area contributed by atoms with Gasteiger partial charge in [0.15, 0.2) is 11.6 Å². The van der Waals surface area contributed by atoms with Crippen molar-refractivity contribution in [1.82, 2.24) is 24.4 Å². The minimum absolute atomic E-state index is 0.267. The number of nitrogens with zero attached hydrogens (tertiary/aromatic N) is 5. The molecule has 9 heteroatoms. The minimum atomic E-state index is -0.299. The van der Waals surface area contributed by atoms with Crippen LogP contribution in [0.1, 0.15) is 17.0 Å². The average molecular weight is 482 g/mol. The highest BCUT2D eigenvalue weighted by molar-refractivity contribution is 7.15. The molecule has 0 saturated carbocycles. The maximum atomic E-state index is 13.1. The van der Waals surface area contributed by atoms with Crippen molar-refractivity contribution in [2.45, 2.75) is 0 Å². The number of hydrogen-bond acceptors (Lipinski definition) is 6. The highest BCUT2D eigenvalue weighted by Crippen LogP contribution is 2.25. The second kappa shape index (κ2) is 8.62. The van der Waals surface area contributed by atoms with E-state index in [-0.39, 0.29) is 11.4 Å². The third kappa shape index (κ3) is 4.09. The maximum absolute atomic E-state index is 13.1. The van der Waals surface area contributed by atoms with Crippen molar-refractivity contribution < 1.29 is 8.81 Å². The summed E-state index contributed by atoms with van der Waals surface area (Å²) < 4.78 is 22.2. The Balaban J connectivity index is 1.39. The molecule has 0 aliphatic carbocycles. The van der Waals surface area contributed by atoms with Gasteiger partial charge in [-0.2, -0.15) is 14.6 Å². The normalized spacial score (nSPS) is 12.3. The van der Waals surface area contributed by atoms with Gasteiger partial charge >= 0.3 is 0 Å². The van der Waals surface area contributed by atoms with E-state index in [9.17, 15) is 9.18 Å². The predicted molar refractivity (Wildman–Crippen MR) is 133 cm³/mol. The van der Waals surface area contributed by atoms with Crippen molar-refractivity contribution in [2.75, 3.05) is 0 Å². The third-order valence-electron chi connectivity index (χ3n) is 5.30. The Morgan fingerprint density at radius 2 is 1.77 bits per heavy atom. The zero-order valence-corrected chi connectivity index (χ0v) is 18.9. The first kappa shape index (κ1) is 20.9. The molecule has 4 heterocycles. The lowest BCUT2D eigenvalue weighted by Gasteiger charge is -1.98. The van der Waals surface area contributed by atoms with Crippen molar-refractivity contribution >= 4 is 34.5 Å². The number of aromatic nitrogens is 5. The molecule has 7 nitrogen and oxygen atoms in total. The Bertz CT molecular complexity index is 1770. The van der Waals surface area contributed by atoms with Crippen LogP contribution in [0.5, 0.6) is 0 Å². The first-order chi connectivity index (χ1) is 17.1. The van der Waals surface area contributed by atoms with Crippen molar-refractivity contribution in [2.24, 2.45) is 0 Å². The van der Waals surface area contributed by atoms with Gasteiger partial charge in [-0.15, -0.1) is 5.10 Å². The fraction of sp³-hybridized carbons (Fsp3) is 0. The molecule has 0 amide bonds. The molecule has 0 N–H and O–H groups in total. The number of hydrogen-bond donors (Lipinski definition) is 0. The van der Waals surface area contributed by atoms with Crippen molar-refractivity contribution in [1.29, 1.82) is 0 Å². The molecule has 0 saturated heterocycles. The van der Waals surface area contributed by atoms with E-state index in [2.05, 4.69) is 15.2 Å². The second-order valence-corrected chi connectivity index (χ2v) is 8.66. The van der Waals surface area contributed by atoms with Crippen LogP contribution in [0.2, 0.25) is 0 Å². The van der Waals surface area contributed by atoms with E-state index < -0.39 is 0 Å². The number of halogens is 1. The van der Waals surface area contributed by atoms with Gasteiger partial charge in [0.05, 0.1) is 16.5 Å². The van der Waals surface area contributed by atoms with Gasteiger partial charge in [0.2, 0.25) is 4.96 Å². The zero-order valence-electron chi connectivity index (χ0n) is 18.1.